The largest absolute Gasteiger partial charge is 0.496 e. The number of imidazole rings is 1. The van der Waals surface area contributed by atoms with Gasteiger partial charge in [0.15, 0.2) is 0 Å². The van der Waals surface area contributed by atoms with Crippen LogP contribution in [0, 0.1) is 0 Å². The van der Waals surface area contributed by atoms with Crippen LogP contribution in [0.15, 0.2) is 58.2 Å². The molecule has 0 spiro atoms. The Labute approximate surface area is 191 Å². The van der Waals surface area contributed by atoms with E-state index in [0.717, 1.165) is 57.3 Å². The normalized spacial score (nSPS) is 13.9. The molecule has 0 radical (unpaired) electrons. The fraction of sp³-hybridized carbons (Fsp3) is 0.280. The number of nitrogens with zero attached hydrogens (tertiary/aromatic N) is 6. The number of ether oxygens (including phenoxy) is 1. The Bertz CT molecular complexity index is 1530. The maximum absolute atomic E-state index is 13.5. The molecule has 0 atom stereocenters. The molecular formula is C25H26N6O2. The molecular weight excluding hydrogens is 416 g/mol. The Hall–Kier alpha value is -3.94. The Morgan fingerprint density at radius 2 is 2.03 bits per heavy atom. The molecule has 0 bridgehead atoms. The SMILES string of the molecule is CCC1=C(n2c(=O)n(C)c3cnc4cc(OC)c(-c5cnn(CC)c5)cc4c32)C=CCN=C1. The third-order valence-electron chi connectivity index (χ3n) is 6.16. The number of fused-ring (bicyclic) bond motifs is 3. The average molecular weight is 443 g/mol. The molecule has 1 aliphatic rings. The minimum absolute atomic E-state index is 0.114. The van der Waals surface area contributed by atoms with Crippen molar-refractivity contribution in [3.05, 3.63) is 58.9 Å². The van der Waals surface area contributed by atoms with E-state index in [-0.39, 0.29) is 5.69 Å². The van der Waals surface area contributed by atoms with Crippen molar-refractivity contribution in [3.63, 3.8) is 0 Å². The van der Waals surface area contributed by atoms with Crippen molar-refractivity contribution >= 4 is 33.8 Å². The van der Waals surface area contributed by atoms with Crippen LogP contribution in [0.1, 0.15) is 20.3 Å². The first kappa shape index (κ1) is 20.9. The van der Waals surface area contributed by atoms with Crippen LogP contribution in [-0.2, 0) is 13.6 Å². The van der Waals surface area contributed by atoms with Gasteiger partial charge in [-0.1, -0.05) is 13.0 Å². The highest BCUT2D eigenvalue weighted by molar-refractivity contribution is 6.07. The third kappa shape index (κ3) is 3.29. The molecule has 8 nitrogen and oxygen atoms in total. The molecule has 0 amide bonds. The lowest BCUT2D eigenvalue weighted by Gasteiger charge is -2.12. The molecule has 168 valence electrons. The Kier molecular flexibility index (Phi) is 5.20. The summed E-state index contributed by atoms with van der Waals surface area (Å²) in [6.45, 7) is 5.50. The molecule has 0 saturated carbocycles. The Morgan fingerprint density at radius 1 is 1.18 bits per heavy atom. The van der Waals surface area contributed by atoms with Gasteiger partial charge < -0.3 is 4.74 Å². The van der Waals surface area contributed by atoms with Crippen LogP contribution in [0.2, 0.25) is 0 Å². The summed E-state index contributed by atoms with van der Waals surface area (Å²) in [5, 5.41) is 5.30. The fourth-order valence-corrected chi connectivity index (χ4v) is 4.37. The van der Waals surface area contributed by atoms with E-state index >= 15 is 0 Å². The second-order valence-electron chi connectivity index (χ2n) is 7.98. The maximum Gasteiger partial charge on any atom is 0.333 e. The van der Waals surface area contributed by atoms with Crippen LogP contribution >= 0.6 is 0 Å². The predicted octanol–water partition coefficient (Wildman–Crippen LogP) is 4.04. The van der Waals surface area contributed by atoms with Crippen LogP contribution in [-0.4, -0.2) is 43.8 Å². The van der Waals surface area contributed by atoms with Gasteiger partial charge in [0.25, 0.3) is 0 Å². The van der Waals surface area contributed by atoms with Gasteiger partial charge in [0, 0.05) is 48.6 Å². The lowest BCUT2D eigenvalue weighted by Crippen LogP contribution is -2.22. The number of hydrogen-bond donors (Lipinski definition) is 0. The molecule has 1 aromatic carbocycles. The zero-order valence-electron chi connectivity index (χ0n) is 19.2. The second-order valence-corrected chi connectivity index (χ2v) is 7.98. The van der Waals surface area contributed by atoms with Gasteiger partial charge >= 0.3 is 5.69 Å². The first-order valence-electron chi connectivity index (χ1n) is 11.1. The molecule has 0 saturated heterocycles. The first-order chi connectivity index (χ1) is 16.1. The third-order valence-corrected chi connectivity index (χ3v) is 6.16. The molecule has 3 aromatic heterocycles. The minimum atomic E-state index is -0.114. The van der Waals surface area contributed by atoms with Gasteiger partial charge in [-0.05, 0) is 31.1 Å². The van der Waals surface area contributed by atoms with Crippen LogP contribution in [0.25, 0.3) is 38.8 Å². The maximum atomic E-state index is 13.5. The molecule has 4 aromatic rings. The van der Waals surface area contributed by atoms with Gasteiger partial charge in [0.05, 0.1) is 48.3 Å². The summed E-state index contributed by atoms with van der Waals surface area (Å²) in [6, 6.07) is 3.98. The van der Waals surface area contributed by atoms with Crippen molar-refractivity contribution in [1.29, 1.82) is 0 Å². The molecule has 33 heavy (non-hydrogen) atoms. The number of allylic oxidation sites excluding steroid dienone is 3. The second kappa shape index (κ2) is 8.20. The van der Waals surface area contributed by atoms with E-state index in [1.165, 1.54) is 0 Å². The van der Waals surface area contributed by atoms with E-state index in [4.69, 9.17) is 4.74 Å². The minimum Gasteiger partial charge on any atom is -0.496 e. The summed E-state index contributed by atoms with van der Waals surface area (Å²) in [5.74, 6) is 0.713. The van der Waals surface area contributed by atoms with Crippen LogP contribution < -0.4 is 10.4 Å². The summed E-state index contributed by atoms with van der Waals surface area (Å²) < 4.78 is 11.0. The highest BCUT2D eigenvalue weighted by atomic mass is 16.5. The first-order valence-corrected chi connectivity index (χ1v) is 11.1. The average Bonchev–Trinajstić information content (AvgIpc) is 3.33. The van der Waals surface area contributed by atoms with Crippen molar-refractivity contribution in [2.75, 3.05) is 13.7 Å². The Morgan fingerprint density at radius 3 is 2.76 bits per heavy atom. The van der Waals surface area contributed by atoms with Crippen LogP contribution in [0.4, 0.5) is 0 Å². The summed E-state index contributed by atoms with van der Waals surface area (Å²) in [7, 11) is 3.44. The van der Waals surface area contributed by atoms with E-state index in [2.05, 4.69) is 28.1 Å². The highest BCUT2D eigenvalue weighted by Crippen LogP contribution is 2.36. The van der Waals surface area contributed by atoms with Gasteiger partial charge in [0.1, 0.15) is 5.75 Å². The van der Waals surface area contributed by atoms with E-state index in [0.29, 0.717) is 12.3 Å². The van der Waals surface area contributed by atoms with Crippen molar-refractivity contribution in [2.24, 2.45) is 12.0 Å². The topological polar surface area (TPSA) is 79.2 Å². The number of aromatic nitrogens is 5. The lowest BCUT2D eigenvalue weighted by atomic mass is 10.0. The number of hydrogen-bond acceptors (Lipinski definition) is 5. The smallest absolute Gasteiger partial charge is 0.333 e. The van der Waals surface area contributed by atoms with Gasteiger partial charge in [-0.2, -0.15) is 5.10 Å². The molecule has 1 aliphatic heterocycles. The highest BCUT2D eigenvalue weighted by Gasteiger charge is 2.20. The molecule has 8 heteroatoms. The Balaban J connectivity index is 1.90. The van der Waals surface area contributed by atoms with E-state index in [1.807, 2.05) is 48.4 Å². The standard InChI is InChI=1S/C25H26N6O2/c1-5-16-12-26-9-7-8-21(16)31-24-19-10-18(17-13-28-30(6-2)15-17)23(33-4)11-20(19)27-14-22(24)29(3)25(31)32/h7-8,10-15H,5-6,9H2,1-4H3. The van der Waals surface area contributed by atoms with Gasteiger partial charge in [-0.15, -0.1) is 0 Å². The summed E-state index contributed by atoms with van der Waals surface area (Å²) in [4.78, 5) is 22.6. The zero-order chi connectivity index (χ0) is 23.1. The number of rotatable bonds is 5. The number of aryl methyl sites for hydroxylation is 2. The number of methoxy groups -OCH3 is 1. The number of aliphatic imine (C=N–C) groups is 1. The molecule has 5 rings (SSSR count). The van der Waals surface area contributed by atoms with E-state index < -0.39 is 0 Å². The van der Waals surface area contributed by atoms with Crippen molar-refractivity contribution < 1.29 is 4.74 Å². The molecule has 0 aliphatic carbocycles. The van der Waals surface area contributed by atoms with Crippen LogP contribution in [0.3, 0.4) is 0 Å². The van der Waals surface area contributed by atoms with E-state index in [1.54, 1.807) is 29.5 Å². The molecule has 0 unspecified atom stereocenters. The van der Waals surface area contributed by atoms with Gasteiger partial charge in [0.2, 0.25) is 0 Å². The van der Waals surface area contributed by atoms with Crippen LogP contribution in [0.5, 0.6) is 5.75 Å². The summed E-state index contributed by atoms with van der Waals surface area (Å²) in [6.07, 6.45) is 12.2. The quantitative estimate of drug-likeness (QED) is 0.467. The summed E-state index contributed by atoms with van der Waals surface area (Å²) >= 11 is 0. The van der Waals surface area contributed by atoms with Crippen molar-refractivity contribution in [2.45, 2.75) is 26.8 Å². The molecule has 0 N–H and O–H groups in total. The predicted molar refractivity (Wildman–Crippen MR) is 132 cm³/mol. The lowest BCUT2D eigenvalue weighted by molar-refractivity contribution is 0.417. The van der Waals surface area contributed by atoms with Crippen molar-refractivity contribution in [1.82, 2.24) is 23.9 Å². The summed E-state index contributed by atoms with van der Waals surface area (Å²) in [5.41, 5.74) is 5.95. The van der Waals surface area contributed by atoms with Crippen molar-refractivity contribution in [3.8, 4) is 16.9 Å². The number of benzene rings is 1. The number of pyridine rings is 1. The van der Waals surface area contributed by atoms with Gasteiger partial charge in [-0.3, -0.25) is 23.8 Å². The molecule has 4 heterocycles. The van der Waals surface area contributed by atoms with Gasteiger partial charge in [-0.25, -0.2) is 4.79 Å². The monoisotopic (exact) mass is 442 g/mol. The molecule has 0 fully saturated rings. The van der Waals surface area contributed by atoms with E-state index in [9.17, 15) is 4.79 Å². The zero-order valence-corrected chi connectivity index (χ0v) is 19.2. The fourth-order valence-electron chi connectivity index (χ4n) is 4.37.